The van der Waals surface area contributed by atoms with E-state index in [-0.39, 0.29) is 16.7 Å². The lowest BCUT2D eigenvalue weighted by molar-refractivity contribution is -0.137. The van der Waals surface area contributed by atoms with Gasteiger partial charge in [-0.1, -0.05) is 24.6 Å². The van der Waals surface area contributed by atoms with Gasteiger partial charge in [-0.05, 0) is 24.6 Å². The predicted molar refractivity (Wildman–Crippen MR) is 113 cm³/mol. The molecule has 1 saturated heterocycles. The van der Waals surface area contributed by atoms with Crippen LogP contribution in [-0.4, -0.2) is 56.7 Å². The van der Waals surface area contributed by atoms with Crippen LogP contribution in [0, 0.1) is 0 Å². The van der Waals surface area contributed by atoms with Crippen LogP contribution in [0.2, 0.25) is 5.02 Å². The second kappa shape index (κ2) is 8.78. The molecule has 1 aliphatic rings. The predicted octanol–water partition coefficient (Wildman–Crippen LogP) is 3.86. The number of alkyl halides is 3. The molecular formula is C21H20ClF3N6O. The van der Waals surface area contributed by atoms with Crippen molar-refractivity contribution in [2.75, 3.05) is 31.1 Å². The zero-order valence-electron chi connectivity index (χ0n) is 17.2. The molecule has 0 bridgehead atoms. The van der Waals surface area contributed by atoms with Gasteiger partial charge in [0.1, 0.15) is 5.82 Å². The number of hydrogen-bond acceptors (Lipinski definition) is 5. The maximum absolute atomic E-state index is 13.2. The highest BCUT2D eigenvalue weighted by Crippen LogP contribution is 2.33. The summed E-state index contributed by atoms with van der Waals surface area (Å²) in [4.78, 5) is 24.8. The van der Waals surface area contributed by atoms with Gasteiger partial charge in [0.2, 0.25) is 0 Å². The lowest BCUT2D eigenvalue weighted by Gasteiger charge is -2.35. The number of carbonyl (C=O) groups is 1. The zero-order chi connectivity index (χ0) is 22.9. The molecule has 7 nitrogen and oxygen atoms in total. The third-order valence-corrected chi connectivity index (χ3v) is 5.59. The van der Waals surface area contributed by atoms with Crippen LogP contribution in [0.15, 0.2) is 42.9 Å². The number of anilines is 1. The Hall–Kier alpha value is -3.14. The topological polar surface area (TPSA) is 67.2 Å². The van der Waals surface area contributed by atoms with Crippen LogP contribution < -0.4 is 4.90 Å². The molecule has 4 rings (SSSR count). The average Bonchev–Trinajstić information content (AvgIpc) is 3.23. The van der Waals surface area contributed by atoms with Gasteiger partial charge in [0.05, 0.1) is 28.0 Å². The quantitative estimate of drug-likeness (QED) is 0.586. The minimum atomic E-state index is -4.50. The number of amides is 1. The molecule has 1 amide bonds. The normalized spacial score (nSPS) is 14.7. The number of carbonyl (C=O) groups excluding carboxylic acids is 1. The smallest absolute Gasteiger partial charge is 0.352 e. The third kappa shape index (κ3) is 4.27. The minimum absolute atomic E-state index is 0.0653. The standard InChI is InChI=1S/C21H20ClF3N6O/c1-2-17-15(13-28-31(17)18-5-3-4-6-26-18)20(32)30-9-7-29(8-10-30)19-16(22)11-14(12-27-19)21(23,24)25/h3-6,11-13H,2,7-10H2,1H3. The number of nitrogens with zero attached hydrogens (tertiary/aromatic N) is 6. The summed E-state index contributed by atoms with van der Waals surface area (Å²) in [5, 5.41) is 4.29. The van der Waals surface area contributed by atoms with Crippen LogP contribution in [0.25, 0.3) is 5.82 Å². The lowest BCUT2D eigenvalue weighted by Crippen LogP contribution is -2.49. The molecule has 32 heavy (non-hydrogen) atoms. The van der Waals surface area contributed by atoms with Crippen molar-refractivity contribution in [1.29, 1.82) is 0 Å². The Morgan fingerprint density at radius 2 is 1.88 bits per heavy atom. The SMILES string of the molecule is CCc1c(C(=O)N2CCN(c3ncc(C(F)(F)F)cc3Cl)CC2)cnn1-c1ccccn1. The maximum atomic E-state index is 13.2. The molecule has 3 aromatic heterocycles. The minimum Gasteiger partial charge on any atom is -0.352 e. The first-order chi connectivity index (χ1) is 15.3. The molecule has 1 fully saturated rings. The van der Waals surface area contributed by atoms with Crippen LogP contribution in [0.5, 0.6) is 0 Å². The molecule has 0 spiro atoms. The molecule has 168 valence electrons. The summed E-state index contributed by atoms with van der Waals surface area (Å²) in [5.74, 6) is 0.774. The fraction of sp³-hybridized carbons (Fsp3) is 0.333. The van der Waals surface area contributed by atoms with Gasteiger partial charge in [-0.3, -0.25) is 4.79 Å². The van der Waals surface area contributed by atoms with E-state index in [1.54, 1.807) is 26.9 Å². The third-order valence-electron chi connectivity index (χ3n) is 5.32. The first kappa shape index (κ1) is 22.1. The number of halogens is 4. The Labute approximate surface area is 187 Å². The van der Waals surface area contributed by atoms with Crippen molar-refractivity contribution < 1.29 is 18.0 Å². The van der Waals surface area contributed by atoms with Crippen molar-refractivity contribution in [3.8, 4) is 5.82 Å². The van der Waals surface area contributed by atoms with Gasteiger partial charge in [-0.15, -0.1) is 0 Å². The molecule has 0 N–H and O–H groups in total. The molecule has 0 saturated carbocycles. The Bertz CT molecular complexity index is 1110. The highest BCUT2D eigenvalue weighted by molar-refractivity contribution is 6.33. The molecule has 4 heterocycles. The van der Waals surface area contributed by atoms with E-state index in [0.717, 1.165) is 18.0 Å². The highest BCUT2D eigenvalue weighted by atomic mass is 35.5. The van der Waals surface area contributed by atoms with Gasteiger partial charge >= 0.3 is 6.18 Å². The van der Waals surface area contributed by atoms with Crippen molar-refractivity contribution in [2.24, 2.45) is 0 Å². The largest absolute Gasteiger partial charge is 0.417 e. The number of aromatic nitrogens is 4. The zero-order valence-corrected chi connectivity index (χ0v) is 17.9. The number of hydrogen-bond donors (Lipinski definition) is 0. The number of piperazine rings is 1. The molecule has 11 heteroatoms. The summed E-state index contributed by atoms with van der Waals surface area (Å²) in [6, 6.07) is 6.35. The maximum Gasteiger partial charge on any atom is 0.417 e. The summed E-state index contributed by atoms with van der Waals surface area (Å²) in [5.41, 5.74) is 0.387. The Morgan fingerprint density at radius 1 is 1.12 bits per heavy atom. The van der Waals surface area contributed by atoms with Crippen LogP contribution >= 0.6 is 11.6 Å². The van der Waals surface area contributed by atoms with E-state index in [4.69, 9.17) is 11.6 Å². The van der Waals surface area contributed by atoms with Gasteiger partial charge in [-0.25, -0.2) is 14.6 Å². The van der Waals surface area contributed by atoms with Crippen molar-refractivity contribution >= 4 is 23.3 Å². The van der Waals surface area contributed by atoms with Crippen LogP contribution in [-0.2, 0) is 12.6 Å². The molecule has 0 radical (unpaired) electrons. The molecule has 0 atom stereocenters. The summed E-state index contributed by atoms with van der Waals surface area (Å²) in [6.45, 7) is 3.52. The van der Waals surface area contributed by atoms with E-state index in [1.165, 1.54) is 0 Å². The summed E-state index contributed by atoms with van der Waals surface area (Å²) < 4.78 is 40.2. The van der Waals surface area contributed by atoms with Gasteiger partial charge < -0.3 is 9.80 Å². The van der Waals surface area contributed by atoms with Crippen molar-refractivity contribution in [3.05, 3.63) is 64.7 Å². The van der Waals surface area contributed by atoms with Gasteiger partial charge in [0.25, 0.3) is 5.91 Å². The molecular weight excluding hydrogens is 445 g/mol. The second-order valence-electron chi connectivity index (χ2n) is 7.26. The fourth-order valence-corrected chi connectivity index (χ4v) is 3.97. The van der Waals surface area contributed by atoms with Crippen molar-refractivity contribution in [3.63, 3.8) is 0 Å². The lowest BCUT2D eigenvalue weighted by atomic mass is 10.1. The Kier molecular flexibility index (Phi) is 6.05. The fourth-order valence-electron chi connectivity index (χ4n) is 3.68. The Morgan fingerprint density at radius 3 is 2.47 bits per heavy atom. The summed E-state index contributed by atoms with van der Waals surface area (Å²) in [7, 11) is 0. The monoisotopic (exact) mass is 464 g/mol. The number of rotatable bonds is 4. The van der Waals surface area contributed by atoms with Crippen molar-refractivity contribution in [2.45, 2.75) is 19.5 Å². The molecule has 0 aliphatic carbocycles. The van der Waals surface area contributed by atoms with Crippen molar-refractivity contribution in [1.82, 2.24) is 24.6 Å². The van der Waals surface area contributed by atoms with E-state index < -0.39 is 11.7 Å². The van der Waals surface area contributed by atoms with E-state index in [2.05, 4.69) is 15.1 Å². The molecule has 1 aliphatic heterocycles. The average molecular weight is 465 g/mol. The molecule has 0 aromatic carbocycles. The van der Waals surface area contributed by atoms with E-state index in [9.17, 15) is 18.0 Å². The van der Waals surface area contributed by atoms with E-state index in [0.29, 0.717) is 44.0 Å². The van der Waals surface area contributed by atoms with Gasteiger partial charge in [0, 0.05) is 38.6 Å². The molecule has 3 aromatic rings. The summed E-state index contributed by atoms with van der Waals surface area (Å²) >= 11 is 6.06. The van der Waals surface area contributed by atoms with Gasteiger partial charge in [-0.2, -0.15) is 18.3 Å². The van der Waals surface area contributed by atoms with Crippen LogP contribution in [0.3, 0.4) is 0 Å². The van der Waals surface area contributed by atoms with Gasteiger partial charge in [0.15, 0.2) is 5.82 Å². The molecule has 0 unspecified atom stereocenters. The van der Waals surface area contributed by atoms with Crippen LogP contribution in [0.1, 0.15) is 28.5 Å². The van der Waals surface area contributed by atoms with E-state index in [1.807, 2.05) is 25.1 Å². The Balaban J connectivity index is 1.47. The number of pyridine rings is 2. The first-order valence-electron chi connectivity index (χ1n) is 10.0. The highest BCUT2D eigenvalue weighted by Gasteiger charge is 2.33. The first-order valence-corrected chi connectivity index (χ1v) is 10.4. The van der Waals surface area contributed by atoms with Crippen LogP contribution in [0.4, 0.5) is 19.0 Å². The van der Waals surface area contributed by atoms with E-state index >= 15 is 0 Å². The second-order valence-corrected chi connectivity index (χ2v) is 7.67. The summed E-state index contributed by atoms with van der Waals surface area (Å²) in [6.07, 6.45) is 0.0893.